The summed E-state index contributed by atoms with van der Waals surface area (Å²) in [5.41, 5.74) is 5.18. The van der Waals surface area contributed by atoms with Crippen LogP contribution in [0.3, 0.4) is 0 Å². The number of carbonyl (C=O) groups is 1. The van der Waals surface area contributed by atoms with Crippen LogP contribution in [0.2, 0.25) is 0 Å². The van der Waals surface area contributed by atoms with Crippen molar-refractivity contribution >= 4 is 16.1 Å². The Bertz CT molecular complexity index is 363. The van der Waals surface area contributed by atoms with Crippen molar-refractivity contribution in [3.63, 3.8) is 0 Å². The molecule has 2 fully saturated rings. The molecule has 15 heavy (non-hydrogen) atoms. The lowest BCUT2D eigenvalue weighted by Gasteiger charge is -2.34. The van der Waals surface area contributed by atoms with Crippen LogP contribution in [0.5, 0.6) is 0 Å². The second-order valence-corrected chi connectivity index (χ2v) is 5.81. The highest BCUT2D eigenvalue weighted by molar-refractivity contribution is 7.86. The number of hydrogen-bond acceptors (Lipinski definition) is 3. The molecule has 2 saturated heterocycles. The van der Waals surface area contributed by atoms with Crippen molar-refractivity contribution in [2.24, 2.45) is 5.73 Å². The molecule has 1 amide bonds. The fourth-order valence-corrected chi connectivity index (χ4v) is 3.87. The molecule has 0 spiro atoms. The predicted molar refractivity (Wildman–Crippen MR) is 54.0 cm³/mol. The highest BCUT2D eigenvalue weighted by Gasteiger charge is 2.42. The average Bonchev–Trinajstić information content (AvgIpc) is 2.46. The smallest absolute Gasteiger partial charge is 0.282 e. The maximum atomic E-state index is 12.0. The Morgan fingerprint density at radius 3 is 2.33 bits per heavy atom. The van der Waals surface area contributed by atoms with Gasteiger partial charge in [0, 0.05) is 19.6 Å². The first kappa shape index (κ1) is 10.8. The minimum Gasteiger partial charge on any atom is -0.368 e. The van der Waals surface area contributed by atoms with Gasteiger partial charge in [-0.25, -0.2) is 0 Å². The molecule has 1 atom stereocenters. The molecule has 0 aromatic carbocycles. The molecule has 86 valence electrons. The first-order valence-corrected chi connectivity index (χ1v) is 6.49. The van der Waals surface area contributed by atoms with Gasteiger partial charge < -0.3 is 5.73 Å². The Hall–Kier alpha value is -0.660. The van der Waals surface area contributed by atoms with Gasteiger partial charge in [-0.3, -0.25) is 4.79 Å². The van der Waals surface area contributed by atoms with Crippen molar-refractivity contribution in [2.75, 3.05) is 19.6 Å². The van der Waals surface area contributed by atoms with E-state index in [1.807, 2.05) is 0 Å². The maximum absolute atomic E-state index is 12.0. The minimum absolute atomic E-state index is 0.409. The van der Waals surface area contributed by atoms with Crippen LogP contribution >= 0.6 is 0 Å². The van der Waals surface area contributed by atoms with Gasteiger partial charge in [0.05, 0.1) is 0 Å². The lowest BCUT2D eigenvalue weighted by Crippen LogP contribution is -2.53. The second kappa shape index (κ2) is 3.73. The van der Waals surface area contributed by atoms with Crippen molar-refractivity contribution in [3.05, 3.63) is 0 Å². The lowest BCUT2D eigenvalue weighted by molar-refractivity contribution is -0.121. The second-order valence-electron chi connectivity index (χ2n) is 3.93. The van der Waals surface area contributed by atoms with E-state index < -0.39 is 22.2 Å². The fraction of sp³-hybridized carbons (Fsp3) is 0.875. The molecule has 1 unspecified atom stereocenters. The Morgan fingerprint density at radius 2 is 1.87 bits per heavy atom. The van der Waals surface area contributed by atoms with Crippen molar-refractivity contribution in [2.45, 2.75) is 25.3 Å². The first-order chi connectivity index (χ1) is 7.03. The Kier molecular flexibility index (Phi) is 2.70. The first-order valence-electron chi connectivity index (χ1n) is 5.10. The van der Waals surface area contributed by atoms with Gasteiger partial charge in [-0.05, 0) is 19.3 Å². The quantitative estimate of drug-likeness (QED) is 0.670. The highest BCUT2D eigenvalue weighted by Crippen LogP contribution is 2.25. The molecule has 0 aliphatic carbocycles. The van der Waals surface area contributed by atoms with Crippen LogP contribution in [0.25, 0.3) is 0 Å². The molecule has 0 aromatic heterocycles. The zero-order chi connectivity index (χ0) is 11.1. The SMILES string of the molecule is NC(=O)C1CCCN1S(=O)(=O)N1CCC1. The van der Waals surface area contributed by atoms with Crippen molar-refractivity contribution in [1.82, 2.24) is 8.61 Å². The van der Waals surface area contributed by atoms with E-state index >= 15 is 0 Å². The summed E-state index contributed by atoms with van der Waals surface area (Å²) in [6.07, 6.45) is 2.15. The maximum Gasteiger partial charge on any atom is 0.282 e. The number of hydrogen-bond donors (Lipinski definition) is 1. The van der Waals surface area contributed by atoms with Crippen molar-refractivity contribution in [1.29, 1.82) is 0 Å². The van der Waals surface area contributed by atoms with Crippen LogP contribution < -0.4 is 5.73 Å². The Labute approximate surface area is 89.2 Å². The summed E-state index contributed by atoms with van der Waals surface area (Å²) in [6.45, 7) is 1.53. The largest absolute Gasteiger partial charge is 0.368 e. The molecular weight excluding hydrogens is 218 g/mol. The summed E-state index contributed by atoms with van der Waals surface area (Å²) in [6, 6.07) is -0.643. The van der Waals surface area contributed by atoms with Gasteiger partial charge in [0.2, 0.25) is 5.91 Å². The summed E-state index contributed by atoms with van der Waals surface area (Å²) in [5, 5.41) is 0. The molecule has 0 bridgehead atoms. The zero-order valence-electron chi connectivity index (χ0n) is 8.42. The van der Waals surface area contributed by atoms with Crippen LogP contribution in [0.15, 0.2) is 0 Å². The summed E-state index contributed by atoms with van der Waals surface area (Å²) in [7, 11) is -3.43. The van der Waals surface area contributed by atoms with Crippen LogP contribution in [0.4, 0.5) is 0 Å². The number of rotatable bonds is 3. The average molecular weight is 233 g/mol. The van der Waals surface area contributed by atoms with Crippen LogP contribution in [0.1, 0.15) is 19.3 Å². The number of primary amides is 1. The lowest BCUT2D eigenvalue weighted by atomic mass is 10.2. The van der Waals surface area contributed by atoms with Gasteiger partial charge in [-0.2, -0.15) is 17.0 Å². The van der Waals surface area contributed by atoms with Gasteiger partial charge in [0.15, 0.2) is 0 Å². The third kappa shape index (κ3) is 1.75. The van der Waals surface area contributed by atoms with E-state index in [0.717, 1.165) is 6.42 Å². The predicted octanol–water partition coefficient (Wildman–Crippen LogP) is -1.11. The normalized spacial score (nSPS) is 28.9. The third-order valence-corrected chi connectivity index (χ3v) is 5.02. The van der Waals surface area contributed by atoms with Gasteiger partial charge in [-0.1, -0.05) is 0 Å². The zero-order valence-corrected chi connectivity index (χ0v) is 9.24. The highest BCUT2D eigenvalue weighted by atomic mass is 32.2. The van der Waals surface area contributed by atoms with Crippen LogP contribution in [-0.4, -0.2) is 48.6 Å². The Morgan fingerprint density at radius 1 is 1.20 bits per heavy atom. The van der Waals surface area contributed by atoms with E-state index in [-0.39, 0.29) is 0 Å². The summed E-state index contributed by atoms with van der Waals surface area (Å²) < 4.78 is 26.6. The van der Waals surface area contributed by atoms with E-state index in [1.54, 1.807) is 0 Å². The molecule has 0 radical (unpaired) electrons. The minimum atomic E-state index is -3.43. The molecule has 2 N–H and O–H groups in total. The number of amides is 1. The molecule has 2 aliphatic rings. The van der Waals surface area contributed by atoms with Crippen LogP contribution in [0, 0.1) is 0 Å². The van der Waals surface area contributed by atoms with E-state index in [9.17, 15) is 13.2 Å². The number of carbonyl (C=O) groups excluding carboxylic acids is 1. The summed E-state index contributed by atoms with van der Waals surface area (Å²) in [5.74, 6) is -0.545. The van der Waals surface area contributed by atoms with E-state index in [1.165, 1.54) is 8.61 Å². The number of nitrogens with zero attached hydrogens (tertiary/aromatic N) is 2. The molecule has 0 aromatic rings. The third-order valence-electron chi connectivity index (χ3n) is 2.97. The van der Waals surface area contributed by atoms with Gasteiger partial charge in [0.25, 0.3) is 10.2 Å². The standard InChI is InChI=1S/C8H15N3O3S/c9-8(12)7-3-1-6-11(7)15(13,14)10-4-2-5-10/h7H,1-6H2,(H2,9,12). The Balaban J connectivity index is 2.18. The summed E-state index contributed by atoms with van der Waals surface area (Å²) in [4.78, 5) is 11.1. The van der Waals surface area contributed by atoms with Gasteiger partial charge in [-0.15, -0.1) is 0 Å². The van der Waals surface area contributed by atoms with Crippen molar-refractivity contribution < 1.29 is 13.2 Å². The molecular formula is C8H15N3O3S. The summed E-state index contributed by atoms with van der Waals surface area (Å²) >= 11 is 0. The van der Waals surface area contributed by atoms with E-state index in [2.05, 4.69) is 0 Å². The molecule has 2 aliphatic heterocycles. The van der Waals surface area contributed by atoms with E-state index in [0.29, 0.717) is 32.5 Å². The molecule has 6 nitrogen and oxygen atoms in total. The van der Waals surface area contributed by atoms with Gasteiger partial charge in [0.1, 0.15) is 6.04 Å². The molecule has 2 rings (SSSR count). The molecule has 7 heteroatoms. The fourth-order valence-electron chi connectivity index (χ4n) is 1.97. The molecule has 0 saturated carbocycles. The van der Waals surface area contributed by atoms with E-state index in [4.69, 9.17) is 5.73 Å². The van der Waals surface area contributed by atoms with Crippen LogP contribution in [-0.2, 0) is 15.0 Å². The molecule has 2 heterocycles. The van der Waals surface area contributed by atoms with Crippen molar-refractivity contribution in [3.8, 4) is 0 Å². The van der Waals surface area contributed by atoms with Gasteiger partial charge >= 0.3 is 0 Å². The topological polar surface area (TPSA) is 83.7 Å². The number of nitrogens with two attached hydrogens (primary N) is 1. The monoisotopic (exact) mass is 233 g/mol.